The van der Waals surface area contributed by atoms with Gasteiger partial charge in [0.1, 0.15) is 17.2 Å². The van der Waals surface area contributed by atoms with Gasteiger partial charge in [0.05, 0.1) is 11.3 Å². The molecule has 0 saturated carbocycles. The van der Waals surface area contributed by atoms with Gasteiger partial charge < -0.3 is 9.32 Å². The number of nitrogens with zero attached hydrogens (tertiary/aromatic N) is 2. The molecule has 2 aromatic carbocycles. The highest BCUT2D eigenvalue weighted by Crippen LogP contribution is 2.24. The molecule has 0 aliphatic carbocycles. The van der Waals surface area contributed by atoms with E-state index >= 15 is 0 Å². The van der Waals surface area contributed by atoms with Crippen molar-refractivity contribution in [2.45, 2.75) is 13.8 Å². The number of pyridine rings is 1. The highest BCUT2D eigenvalue weighted by molar-refractivity contribution is 5.83. The van der Waals surface area contributed by atoms with Gasteiger partial charge in [-0.1, -0.05) is 6.08 Å². The zero-order valence-electron chi connectivity index (χ0n) is 17.8. The van der Waals surface area contributed by atoms with E-state index in [4.69, 9.17) is 4.42 Å². The molecule has 0 aliphatic heterocycles. The zero-order valence-corrected chi connectivity index (χ0v) is 17.8. The van der Waals surface area contributed by atoms with Gasteiger partial charge in [0.2, 0.25) is 0 Å². The summed E-state index contributed by atoms with van der Waals surface area (Å²) in [4.78, 5) is 18.9. The number of anilines is 1. The van der Waals surface area contributed by atoms with Crippen LogP contribution in [0.1, 0.15) is 25.0 Å². The van der Waals surface area contributed by atoms with Crippen molar-refractivity contribution in [2.75, 3.05) is 18.0 Å². The van der Waals surface area contributed by atoms with E-state index in [2.05, 4.69) is 23.7 Å². The lowest BCUT2D eigenvalue weighted by Crippen LogP contribution is -2.21. The van der Waals surface area contributed by atoms with E-state index in [1.165, 1.54) is 18.3 Å². The lowest BCUT2D eigenvalue weighted by molar-refractivity contribution is 0.559. The van der Waals surface area contributed by atoms with Crippen LogP contribution in [0.25, 0.3) is 34.4 Å². The third-order valence-corrected chi connectivity index (χ3v) is 5.32. The first-order valence-electron chi connectivity index (χ1n) is 10.4. The van der Waals surface area contributed by atoms with Crippen LogP contribution < -0.4 is 10.5 Å². The minimum Gasteiger partial charge on any atom is -0.422 e. The topological polar surface area (TPSA) is 46.3 Å². The Morgan fingerprint density at radius 3 is 2.53 bits per heavy atom. The first-order chi connectivity index (χ1) is 15.5. The molecule has 2 heterocycles. The Bertz CT molecular complexity index is 1360. The molecule has 0 unspecified atom stereocenters. The average Bonchev–Trinajstić information content (AvgIpc) is 2.78. The fourth-order valence-electron chi connectivity index (χ4n) is 3.60. The van der Waals surface area contributed by atoms with Crippen LogP contribution in [0.3, 0.4) is 0 Å². The molecule has 0 fully saturated rings. The van der Waals surface area contributed by atoms with Gasteiger partial charge in [0.15, 0.2) is 0 Å². The highest BCUT2D eigenvalue weighted by atomic mass is 19.1. The number of aromatic nitrogens is 1. The van der Waals surface area contributed by atoms with Crippen molar-refractivity contribution in [1.29, 1.82) is 0 Å². The molecule has 0 N–H and O–H groups in total. The van der Waals surface area contributed by atoms with Crippen LogP contribution >= 0.6 is 0 Å². The van der Waals surface area contributed by atoms with E-state index in [1.54, 1.807) is 30.4 Å². The van der Waals surface area contributed by atoms with Crippen LogP contribution in [0.15, 0.2) is 70.0 Å². The van der Waals surface area contributed by atoms with E-state index in [0.717, 1.165) is 35.8 Å². The Morgan fingerprint density at radius 2 is 1.78 bits per heavy atom. The third-order valence-electron chi connectivity index (χ3n) is 5.32. The van der Waals surface area contributed by atoms with E-state index in [0.29, 0.717) is 16.8 Å². The molecule has 4 nitrogen and oxygen atoms in total. The third kappa shape index (κ3) is 4.44. The quantitative estimate of drug-likeness (QED) is 0.343. The second-order valence-electron chi connectivity index (χ2n) is 7.32. The maximum Gasteiger partial charge on any atom is 0.343 e. The Hall–Kier alpha value is -3.80. The van der Waals surface area contributed by atoms with Gasteiger partial charge in [-0.3, -0.25) is 4.98 Å². The normalized spacial score (nSPS) is 11.4. The summed E-state index contributed by atoms with van der Waals surface area (Å²) in [6, 6.07) is 14.4. The molecule has 0 aliphatic rings. The molecule has 0 saturated heterocycles. The molecule has 6 heteroatoms. The molecule has 0 amide bonds. The van der Waals surface area contributed by atoms with Gasteiger partial charge in [-0.05, 0) is 68.0 Å². The summed E-state index contributed by atoms with van der Waals surface area (Å²) < 4.78 is 32.8. The summed E-state index contributed by atoms with van der Waals surface area (Å²) in [5.41, 5.74) is 2.80. The van der Waals surface area contributed by atoms with Crippen molar-refractivity contribution in [2.24, 2.45) is 0 Å². The predicted molar refractivity (Wildman–Crippen MR) is 125 cm³/mol. The minimum atomic E-state index is -0.683. The fraction of sp³-hybridized carbons (Fsp3) is 0.154. The molecular weight excluding hydrogens is 410 g/mol. The van der Waals surface area contributed by atoms with Crippen LogP contribution in [0, 0.1) is 11.6 Å². The molecule has 0 atom stereocenters. The van der Waals surface area contributed by atoms with Crippen molar-refractivity contribution in [3.05, 3.63) is 94.0 Å². The molecule has 0 radical (unpaired) electrons. The predicted octanol–water partition coefficient (Wildman–Crippen LogP) is 6.15. The molecule has 32 heavy (non-hydrogen) atoms. The molecule has 0 bridgehead atoms. The molecule has 162 valence electrons. The summed E-state index contributed by atoms with van der Waals surface area (Å²) in [5.74, 6) is -1.33. The van der Waals surface area contributed by atoms with Crippen LogP contribution in [0.5, 0.6) is 0 Å². The van der Waals surface area contributed by atoms with Crippen molar-refractivity contribution >= 4 is 28.8 Å². The maximum atomic E-state index is 14.1. The molecule has 2 aromatic heterocycles. The Labute approximate surface area is 184 Å². The van der Waals surface area contributed by atoms with Crippen molar-refractivity contribution < 1.29 is 13.2 Å². The van der Waals surface area contributed by atoms with Crippen LogP contribution in [-0.4, -0.2) is 18.1 Å². The molecular formula is C26H22F2N2O2. The summed E-state index contributed by atoms with van der Waals surface area (Å²) >= 11 is 0. The number of hydrogen-bond acceptors (Lipinski definition) is 4. The van der Waals surface area contributed by atoms with Crippen LogP contribution in [0.2, 0.25) is 0 Å². The average molecular weight is 432 g/mol. The van der Waals surface area contributed by atoms with Gasteiger partial charge in [0, 0.05) is 48.1 Å². The summed E-state index contributed by atoms with van der Waals surface area (Å²) in [7, 11) is 0. The Balaban J connectivity index is 1.64. The summed E-state index contributed by atoms with van der Waals surface area (Å²) in [5, 5.41) is 0.823. The second kappa shape index (κ2) is 9.14. The lowest BCUT2D eigenvalue weighted by atomic mass is 10.1. The summed E-state index contributed by atoms with van der Waals surface area (Å²) in [6.45, 7) is 5.88. The van der Waals surface area contributed by atoms with Crippen molar-refractivity contribution in [1.82, 2.24) is 4.98 Å². The lowest BCUT2D eigenvalue weighted by Gasteiger charge is -2.20. The van der Waals surface area contributed by atoms with Gasteiger partial charge in [-0.2, -0.15) is 0 Å². The standard InChI is InChI=1S/C26H22F2N2O2/c1-3-30(4-2)21-9-7-18-14-19(26(31)32-25(18)16-21)6-5-17-11-12-29-24(13-17)22-10-8-20(27)15-23(22)28/h5-16H,3-4H2,1-2H3/b6-5+. The first-order valence-corrected chi connectivity index (χ1v) is 10.4. The first kappa shape index (κ1) is 21.4. The summed E-state index contributed by atoms with van der Waals surface area (Å²) in [6.07, 6.45) is 4.92. The van der Waals surface area contributed by atoms with E-state index < -0.39 is 17.3 Å². The van der Waals surface area contributed by atoms with Crippen molar-refractivity contribution in [3.63, 3.8) is 0 Å². The number of benzene rings is 2. The minimum absolute atomic E-state index is 0.205. The van der Waals surface area contributed by atoms with Gasteiger partial charge in [-0.15, -0.1) is 0 Å². The number of rotatable bonds is 6. The number of halogens is 2. The van der Waals surface area contributed by atoms with Crippen LogP contribution in [0.4, 0.5) is 14.5 Å². The highest BCUT2D eigenvalue weighted by Gasteiger charge is 2.09. The monoisotopic (exact) mass is 432 g/mol. The second-order valence-corrected chi connectivity index (χ2v) is 7.32. The van der Waals surface area contributed by atoms with Crippen LogP contribution in [-0.2, 0) is 0 Å². The number of hydrogen-bond donors (Lipinski definition) is 0. The van der Waals surface area contributed by atoms with Crippen molar-refractivity contribution in [3.8, 4) is 11.3 Å². The largest absolute Gasteiger partial charge is 0.422 e. The van der Waals surface area contributed by atoms with E-state index in [9.17, 15) is 13.6 Å². The maximum absolute atomic E-state index is 14.1. The van der Waals surface area contributed by atoms with Gasteiger partial charge in [0.25, 0.3) is 0 Å². The van der Waals surface area contributed by atoms with Gasteiger partial charge in [-0.25, -0.2) is 13.6 Å². The molecule has 0 spiro atoms. The van der Waals surface area contributed by atoms with Gasteiger partial charge >= 0.3 is 5.63 Å². The fourth-order valence-corrected chi connectivity index (χ4v) is 3.60. The van der Waals surface area contributed by atoms with E-state index in [1.807, 2.05) is 18.2 Å². The molecule has 4 rings (SSSR count). The Kier molecular flexibility index (Phi) is 6.12. The smallest absolute Gasteiger partial charge is 0.343 e. The zero-order chi connectivity index (χ0) is 22.7. The Morgan fingerprint density at radius 1 is 0.969 bits per heavy atom. The number of fused-ring (bicyclic) bond motifs is 1. The van der Waals surface area contributed by atoms with E-state index in [-0.39, 0.29) is 5.56 Å². The molecule has 4 aromatic rings. The SMILES string of the molecule is CCN(CC)c1ccc2cc(/C=C/c3ccnc(-c4ccc(F)cc4F)c3)c(=O)oc2c1.